The third kappa shape index (κ3) is 3.28. The number of aromatic nitrogens is 2. The summed E-state index contributed by atoms with van der Waals surface area (Å²) in [5.41, 5.74) is 2.82. The zero-order valence-corrected chi connectivity index (χ0v) is 13.1. The van der Waals surface area contributed by atoms with Gasteiger partial charge >= 0.3 is 0 Å². The molecule has 0 saturated carbocycles. The number of nitrogens with one attached hydrogen (secondary N) is 1. The number of anilines is 1. The predicted molar refractivity (Wildman–Crippen MR) is 87.1 cm³/mol. The molecule has 0 atom stereocenters. The summed E-state index contributed by atoms with van der Waals surface area (Å²) in [5.74, 6) is 0.490. The van der Waals surface area contributed by atoms with Crippen LogP contribution in [0.25, 0.3) is 10.9 Å². The lowest BCUT2D eigenvalue weighted by Crippen LogP contribution is -2.13. The van der Waals surface area contributed by atoms with Gasteiger partial charge in [-0.3, -0.25) is 10.1 Å². The second-order valence-electron chi connectivity index (χ2n) is 4.96. The molecule has 6 heteroatoms. The molecule has 0 unspecified atom stereocenters. The van der Waals surface area contributed by atoms with Gasteiger partial charge in [-0.1, -0.05) is 35.1 Å². The molecule has 0 aliphatic rings. The Morgan fingerprint density at radius 1 is 1.27 bits per heavy atom. The van der Waals surface area contributed by atoms with Gasteiger partial charge in [-0.25, -0.2) is 4.98 Å². The van der Waals surface area contributed by atoms with Gasteiger partial charge in [-0.15, -0.1) is 0 Å². The highest BCUT2D eigenvalue weighted by atomic mass is 32.2. The minimum absolute atomic E-state index is 0.145. The molecule has 0 fully saturated rings. The molecule has 0 aliphatic carbocycles. The molecule has 112 valence electrons. The molecule has 2 aromatic heterocycles. The molecule has 1 amide bonds. The van der Waals surface area contributed by atoms with E-state index in [0.717, 1.165) is 27.2 Å². The summed E-state index contributed by atoms with van der Waals surface area (Å²) >= 11 is 1.40. The first-order valence-corrected chi connectivity index (χ1v) is 7.83. The van der Waals surface area contributed by atoms with Gasteiger partial charge in [0.2, 0.25) is 11.8 Å². The maximum atomic E-state index is 11.9. The summed E-state index contributed by atoms with van der Waals surface area (Å²) in [6.07, 6.45) is 0. The van der Waals surface area contributed by atoms with E-state index in [0.29, 0.717) is 5.88 Å². The van der Waals surface area contributed by atoms with Gasteiger partial charge in [0.15, 0.2) is 0 Å². The number of nitrogens with zero attached hydrogens (tertiary/aromatic N) is 2. The van der Waals surface area contributed by atoms with Crippen molar-refractivity contribution in [2.75, 3.05) is 11.1 Å². The summed E-state index contributed by atoms with van der Waals surface area (Å²) < 4.78 is 4.96. The number of amides is 1. The van der Waals surface area contributed by atoms with Crippen LogP contribution in [0.3, 0.4) is 0 Å². The number of fused-ring (bicyclic) bond motifs is 1. The summed E-state index contributed by atoms with van der Waals surface area (Å²) in [5, 5.41) is 8.36. The van der Waals surface area contributed by atoms with E-state index in [2.05, 4.69) is 15.5 Å². The molecule has 0 aliphatic heterocycles. The number of carbonyl (C=O) groups excluding carboxylic acids is 1. The number of para-hydroxylation sites is 1. The van der Waals surface area contributed by atoms with Gasteiger partial charge in [-0.2, -0.15) is 0 Å². The molecule has 5 nitrogen and oxygen atoms in total. The minimum Gasteiger partial charge on any atom is -0.338 e. The van der Waals surface area contributed by atoms with Crippen molar-refractivity contribution in [2.45, 2.75) is 18.9 Å². The lowest BCUT2D eigenvalue weighted by molar-refractivity contribution is -0.113. The quantitative estimate of drug-likeness (QED) is 0.746. The number of benzene rings is 1. The van der Waals surface area contributed by atoms with E-state index in [1.807, 2.05) is 37.3 Å². The number of aryl methyl sites for hydroxylation is 2. The van der Waals surface area contributed by atoms with Crippen LogP contribution < -0.4 is 5.32 Å². The topological polar surface area (TPSA) is 68.0 Å². The molecule has 3 rings (SSSR count). The van der Waals surface area contributed by atoms with Crippen molar-refractivity contribution in [3.05, 3.63) is 47.7 Å². The van der Waals surface area contributed by atoms with Crippen molar-refractivity contribution < 1.29 is 9.32 Å². The van der Waals surface area contributed by atoms with Gasteiger partial charge in [0.25, 0.3) is 0 Å². The van der Waals surface area contributed by atoms with Gasteiger partial charge in [0.1, 0.15) is 0 Å². The highest BCUT2D eigenvalue weighted by molar-refractivity contribution is 7.99. The summed E-state index contributed by atoms with van der Waals surface area (Å²) in [7, 11) is 0. The molecular weight excluding hydrogens is 298 g/mol. The second-order valence-corrected chi connectivity index (χ2v) is 5.96. The van der Waals surface area contributed by atoms with Crippen molar-refractivity contribution in [1.82, 2.24) is 10.1 Å². The van der Waals surface area contributed by atoms with Crippen LogP contribution in [0.4, 0.5) is 5.88 Å². The summed E-state index contributed by atoms with van der Waals surface area (Å²) in [6.45, 7) is 3.85. The van der Waals surface area contributed by atoms with Crippen LogP contribution >= 0.6 is 11.8 Å². The number of hydrogen-bond donors (Lipinski definition) is 1. The largest absolute Gasteiger partial charge is 0.338 e. The Labute approximate surface area is 132 Å². The van der Waals surface area contributed by atoms with Crippen LogP contribution in [-0.2, 0) is 4.79 Å². The van der Waals surface area contributed by atoms with E-state index in [1.54, 1.807) is 13.0 Å². The minimum atomic E-state index is -0.145. The maximum Gasteiger partial charge on any atom is 0.237 e. The Morgan fingerprint density at radius 3 is 2.86 bits per heavy atom. The Kier molecular flexibility index (Phi) is 4.11. The second kappa shape index (κ2) is 6.19. The standard InChI is InChI=1S/C16H15N3O2S/c1-10-7-16(17-13-6-4-3-5-12(10)13)22-9-14(20)18-15-8-11(2)19-21-15/h3-8H,9H2,1-2H3,(H,18,20). The van der Waals surface area contributed by atoms with Gasteiger partial charge in [0, 0.05) is 11.5 Å². The smallest absolute Gasteiger partial charge is 0.237 e. The number of thioether (sulfide) groups is 1. The molecule has 0 saturated heterocycles. The van der Waals surface area contributed by atoms with E-state index < -0.39 is 0 Å². The van der Waals surface area contributed by atoms with E-state index in [-0.39, 0.29) is 11.7 Å². The van der Waals surface area contributed by atoms with Crippen molar-refractivity contribution in [3.8, 4) is 0 Å². The SMILES string of the molecule is Cc1cc(NC(=O)CSc2cc(C)c3ccccc3n2)on1. The van der Waals surface area contributed by atoms with Gasteiger partial charge in [-0.05, 0) is 31.5 Å². The Hall–Kier alpha value is -2.34. The highest BCUT2D eigenvalue weighted by Crippen LogP contribution is 2.23. The zero-order chi connectivity index (χ0) is 15.5. The maximum absolute atomic E-state index is 11.9. The molecule has 1 aromatic carbocycles. The lowest BCUT2D eigenvalue weighted by atomic mass is 10.1. The molecule has 0 bridgehead atoms. The third-order valence-corrected chi connectivity index (χ3v) is 4.05. The van der Waals surface area contributed by atoms with Crippen LogP contribution in [0.15, 0.2) is 45.9 Å². The Bertz CT molecular complexity index is 829. The number of pyridine rings is 1. The van der Waals surface area contributed by atoms with Crippen LogP contribution in [0.1, 0.15) is 11.3 Å². The van der Waals surface area contributed by atoms with Crippen molar-refractivity contribution >= 4 is 34.5 Å². The van der Waals surface area contributed by atoms with E-state index in [9.17, 15) is 4.79 Å². The van der Waals surface area contributed by atoms with Crippen LogP contribution in [0, 0.1) is 13.8 Å². The first-order valence-electron chi connectivity index (χ1n) is 6.84. The molecule has 0 spiro atoms. The molecule has 2 heterocycles. The van der Waals surface area contributed by atoms with Crippen molar-refractivity contribution in [3.63, 3.8) is 0 Å². The molecular formula is C16H15N3O2S. The van der Waals surface area contributed by atoms with Crippen LogP contribution in [0.5, 0.6) is 0 Å². The monoisotopic (exact) mass is 313 g/mol. The Morgan fingerprint density at radius 2 is 2.09 bits per heavy atom. The Balaban J connectivity index is 1.67. The highest BCUT2D eigenvalue weighted by Gasteiger charge is 2.09. The average molecular weight is 313 g/mol. The summed E-state index contributed by atoms with van der Waals surface area (Å²) in [6, 6.07) is 11.7. The fourth-order valence-corrected chi connectivity index (χ4v) is 2.90. The summed E-state index contributed by atoms with van der Waals surface area (Å²) in [4.78, 5) is 16.5. The molecule has 1 N–H and O–H groups in total. The first-order chi connectivity index (χ1) is 10.6. The van der Waals surface area contributed by atoms with Gasteiger partial charge < -0.3 is 4.52 Å². The predicted octanol–water partition coefficient (Wildman–Crippen LogP) is 3.57. The number of hydrogen-bond acceptors (Lipinski definition) is 5. The zero-order valence-electron chi connectivity index (χ0n) is 12.3. The van der Waals surface area contributed by atoms with Gasteiger partial charge in [0.05, 0.1) is 22.0 Å². The van der Waals surface area contributed by atoms with Crippen molar-refractivity contribution in [2.24, 2.45) is 0 Å². The van der Waals surface area contributed by atoms with E-state index in [4.69, 9.17) is 4.52 Å². The van der Waals surface area contributed by atoms with Crippen LogP contribution in [-0.4, -0.2) is 21.8 Å². The van der Waals surface area contributed by atoms with Crippen molar-refractivity contribution in [1.29, 1.82) is 0 Å². The van der Waals surface area contributed by atoms with E-state index in [1.165, 1.54) is 11.8 Å². The number of carbonyl (C=O) groups is 1. The van der Waals surface area contributed by atoms with E-state index >= 15 is 0 Å². The average Bonchev–Trinajstić information content (AvgIpc) is 2.90. The fourth-order valence-electron chi connectivity index (χ4n) is 2.13. The lowest BCUT2D eigenvalue weighted by Gasteiger charge is -2.06. The first kappa shape index (κ1) is 14.6. The molecule has 0 radical (unpaired) electrons. The molecule has 22 heavy (non-hydrogen) atoms. The molecule has 3 aromatic rings. The fraction of sp³-hybridized carbons (Fsp3) is 0.188. The number of rotatable bonds is 4. The third-order valence-electron chi connectivity index (χ3n) is 3.14. The van der Waals surface area contributed by atoms with Crippen LogP contribution in [0.2, 0.25) is 0 Å². The normalized spacial score (nSPS) is 10.8.